The molecule has 0 saturated carbocycles. The fourth-order valence-corrected chi connectivity index (χ4v) is 1.86. The SMILES string of the molecule is N#CC(Nc1ccc(F)cc1)c1cncs1. The zero-order chi connectivity index (χ0) is 11.4. The van der Waals surface area contributed by atoms with Crippen LogP contribution >= 0.6 is 11.3 Å². The van der Waals surface area contributed by atoms with Crippen molar-refractivity contribution in [3.8, 4) is 6.07 Å². The smallest absolute Gasteiger partial charge is 0.151 e. The minimum atomic E-state index is -0.446. The number of anilines is 1. The van der Waals surface area contributed by atoms with Crippen LogP contribution in [0, 0.1) is 17.1 Å². The van der Waals surface area contributed by atoms with E-state index < -0.39 is 6.04 Å². The van der Waals surface area contributed by atoms with E-state index >= 15 is 0 Å². The van der Waals surface area contributed by atoms with Crippen molar-refractivity contribution >= 4 is 17.0 Å². The highest BCUT2D eigenvalue weighted by atomic mass is 32.1. The molecule has 2 aromatic rings. The molecule has 0 radical (unpaired) electrons. The first-order chi connectivity index (χ1) is 7.79. The van der Waals surface area contributed by atoms with Gasteiger partial charge < -0.3 is 5.32 Å². The van der Waals surface area contributed by atoms with Crippen molar-refractivity contribution < 1.29 is 4.39 Å². The maximum atomic E-state index is 12.7. The molecule has 1 aromatic heterocycles. The molecule has 0 bridgehead atoms. The largest absolute Gasteiger partial charge is 0.365 e. The molecule has 1 atom stereocenters. The first-order valence-corrected chi connectivity index (χ1v) is 5.47. The maximum Gasteiger partial charge on any atom is 0.151 e. The van der Waals surface area contributed by atoms with Crippen molar-refractivity contribution in [3.63, 3.8) is 0 Å². The van der Waals surface area contributed by atoms with Gasteiger partial charge in [-0.25, -0.2) is 4.39 Å². The highest BCUT2D eigenvalue weighted by Gasteiger charge is 2.11. The van der Waals surface area contributed by atoms with E-state index in [2.05, 4.69) is 16.4 Å². The lowest BCUT2D eigenvalue weighted by Crippen LogP contribution is -2.06. The molecule has 2 rings (SSSR count). The lowest BCUT2D eigenvalue weighted by molar-refractivity contribution is 0.628. The van der Waals surface area contributed by atoms with Gasteiger partial charge in [-0.1, -0.05) is 0 Å². The van der Waals surface area contributed by atoms with Gasteiger partial charge in [-0.05, 0) is 24.3 Å². The first kappa shape index (κ1) is 10.6. The van der Waals surface area contributed by atoms with Crippen molar-refractivity contribution in [1.82, 2.24) is 4.98 Å². The second-order valence-electron chi connectivity index (χ2n) is 3.12. The summed E-state index contributed by atoms with van der Waals surface area (Å²) in [7, 11) is 0. The molecule has 0 spiro atoms. The Balaban J connectivity index is 2.14. The summed E-state index contributed by atoms with van der Waals surface area (Å²) in [6.07, 6.45) is 1.65. The Bertz CT molecular complexity index is 487. The van der Waals surface area contributed by atoms with Gasteiger partial charge in [0.25, 0.3) is 0 Å². The fraction of sp³-hybridized carbons (Fsp3) is 0.0909. The second-order valence-corrected chi connectivity index (χ2v) is 4.04. The zero-order valence-corrected chi connectivity index (χ0v) is 9.04. The Morgan fingerprint density at radius 1 is 1.38 bits per heavy atom. The average molecular weight is 233 g/mol. The number of aromatic nitrogens is 1. The highest BCUT2D eigenvalue weighted by Crippen LogP contribution is 2.21. The molecular weight excluding hydrogens is 225 g/mol. The van der Waals surface area contributed by atoms with E-state index in [1.165, 1.54) is 23.5 Å². The molecule has 0 saturated heterocycles. The van der Waals surface area contributed by atoms with E-state index in [1.54, 1.807) is 23.8 Å². The monoisotopic (exact) mass is 233 g/mol. The summed E-state index contributed by atoms with van der Waals surface area (Å²) >= 11 is 1.41. The Hall–Kier alpha value is -1.93. The van der Waals surface area contributed by atoms with Crippen molar-refractivity contribution in [2.24, 2.45) is 0 Å². The van der Waals surface area contributed by atoms with Gasteiger partial charge in [0.1, 0.15) is 5.82 Å². The normalized spacial score (nSPS) is 11.8. The van der Waals surface area contributed by atoms with Crippen molar-refractivity contribution in [3.05, 3.63) is 46.7 Å². The van der Waals surface area contributed by atoms with Crippen LogP contribution < -0.4 is 5.32 Å². The van der Waals surface area contributed by atoms with Gasteiger partial charge in [0.15, 0.2) is 6.04 Å². The number of halogens is 1. The Kier molecular flexibility index (Phi) is 3.13. The minimum Gasteiger partial charge on any atom is -0.365 e. The van der Waals surface area contributed by atoms with Crippen LogP contribution in [-0.4, -0.2) is 4.98 Å². The molecule has 1 unspecified atom stereocenters. The quantitative estimate of drug-likeness (QED) is 0.886. The van der Waals surface area contributed by atoms with Crippen LogP contribution in [0.15, 0.2) is 36.0 Å². The maximum absolute atomic E-state index is 12.7. The summed E-state index contributed by atoms with van der Waals surface area (Å²) in [5, 5.41) is 12.0. The van der Waals surface area contributed by atoms with E-state index in [1.807, 2.05) is 0 Å². The standard InChI is InChI=1S/C11H8FN3S/c12-8-1-3-9(4-2-8)15-10(5-13)11-6-14-7-16-11/h1-4,6-7,10,15H. The number of thiazole rings is 1. The number of rotatable bonds is 3. The zero-order valence-electron chi connectivity index (χ0n) is 8.22. The Labute approximate surface area is 96.2 Å². The summed E-state index contributed by atoms with van der Waals surface area (Å²) in [6, 6.07) is 7.58. The Morgan fingerprint density at radius 2 is 2.12 bits per heavy atom. The van der Waals surface area contributed by atoms with Crippen LogP contribution in [0.5, 0.6) is 0 Å². The van der Waals surface area contributed by atoms with Gasteiger partial charge in [-0.3, -0.25) is 4.98 Å². The number of nitrogens with one attached hydrogen (secondary N) is 1. The van der Waals surface area contributed by atoms with E-state index in [0.717, 1.165) is 4.88 Å². The van der Waals surface area contributed by atoms with Gasteiger partial charge in [0, 0.05) is 11.9 Å². The van der Waals surface area contributed by atoms with Crippen molar-refractivity contribution in [1.29, 1.82) is 5.26 Å². The lowest BCUT2D eigenvalue weighted by atomic mass is 10.2. The van der Waals surface area contributed by atoms with E-state index in [9.17, 15) is 4.39 Å². The van der Waals surface area contributed by atoms with Gasteiger partial charge in [0.2, 0.25) is 0 Å². The molecule has 0 fully saturated rings. The van der Waals surface area contributed by atoms with Gasteiger partial charge in [-0.15, -0.1) is 11.3 Å². The molecule has 5 heteroatoms. The average Bonchev–Trinajstić information content (AvgIpc) is 2.82. The van der Waals surface area contributed by atoms with Crippen LogP contribution in [0.3, 0.4) is 0 Å². The highest BCUT2D eigenvalue weighted by molar-refractivity contribution is 7.09. The summed E-state index contributed by atoms with van der Waals surface area (Å²) in [6.45, 7) is 0. The number of hydrogen-bond acceptors (Lipinski definition) is 4. The van der Waals surface area contributed by atoms with Gasteiger partial charge >= 0.3 is 0 Å². The molecule has 0 amide bonds. The van der Waals surface area contributed by atoms with Crippen LogP contribution in [-0.2, 0) is 0 Å². The molecular formula is C11H8FN3S. The second kappa shape index (κ2) is 4.73. The number of benzene rings is 1. The molecule has 0 aliphatic rings. The van der Waals surface area contributed by atoms with Gasteiger partial charge in [-0.2, -0.15) is 5.26 Å². The van der Waals surface area contributed by atoms with E-state index in [-0.39, 0.29) is 5.82 Å². The topological polar surface area (TPSA) is 48.7 Å². The predicted octanol–water partition coefficient (Wildman–Crippen LogP) is 2.96. The number of nitrogens with zero attached hydrogens (tertiary/aromatic N) is 2. The minimum absolute atomic E-state index is 0.295. The van der Waals surface area contributed by atoms with Crippen molar-refractivity contribution in [2.45, 2.75) is 6.04 Å². The van der Waals surface area contributed by atoms with Gasteiger partial charge in [0.05, 0.1) is 16.5 Å². The van der Waals surface area contributed by atoms with Crippen LogP contribution in [0.25, 0.3) is 0 Å². The summed E-state index contributed by atoms with van der Waals surface area (Å²) in [5.41, 5.74) is 2.38. The molecule has 16 heavy (non-hydrogen) atoms. The third kappa shape index (κ3) is 2.35. The van der Waals surface area contributed by atoms with Crippen LogP contribution in [0.1, 0.15) is 10.9 Å². The fourth-order valence-electron chi connectivity index (χ4n) is 1.25. The lowest BCUT2D eigenvalue weighted by Gasteiger charge is -2.10. The van der Waals surface area contributed by atoms with E-state index in [4.69, 9.17) is 5.26 Å². The van der Waals surface area contributed by atoms with Crippen molar-refractivity contribution in [2.75, 3.05) is 5.32 Å². The van der Waals surface area contributed by atoms with Crippen LogP contribution in [0.4, 0.5) is 10.1 Å². The summed E-state index contributed by atoms with van der Waals surface area (Å²) in [4.78, 5) is 4.75. The number of nitriles is 1. The third-order valence-electron chi connectivity index (χ3n) is 2.02. The number of hydrogen-bond donors (Lipinski definition) is 1. The predicted molar refractivity (Wildman–Crippen MR) is 60.5 cm³/mol. The third-order valence-corrected chi connectivity index (χ3v) is 2.86. The molecule has 3 nitrogen and oxygen atoms in total. The Morgan fingerprint density at radius 3 is 2.69 bits per heavy atom. The first-order valence-electron chi connectivity index (χ1n) is 4.59. The molecule has 0 aliphatic heterocycles. The summed E-state index contributed by atoms with van der Waals surface area (Å²) < 4.78 is 12.7. The van der Waals surface area contributed by atoms with E-state index in [0.29, 0.717) is 5.69 Å². The molecule has 1 heterocycles. The van der Waals surface area contributed by atoms with Crippen LogP contribution in [0.2, 0.25) is 0 Å². The molecule has 80 valence electrons. The molecule has 1 N–H and O–H groups in total. The molecule has 1 aromatic carbocycles. The molecule has 0 aliphatic carbocycles. The summed E-state index contributed by atoms with van der Waals surface area (Å²) in [5.74, 6) is -0.295.